The topological polar surface area (TPSA) is 75.7 Å². The Bertz CT molecular complexity index is 224. The molecule has 0 bridgehead atoms. The molecule has 0 spiro atoms. The molecule has 0 saturated heterocycles. The van der Waals surface area contributed by atoms with Gasteiger partial charge in [-0.2, -0.15) is 0 Å². The molecule has 68 valence electrons. The van der Waals surface area contributed by atoms with Crippen LogP contribution in [0.4, 0.5) is 0 Å². The monoisotopic (exact) mass is 170 g/mol. The van der Waals surface area contributed by atoms with Crippen LogP contribution in [0.1, 0.15) is 20.8 Å². The van der Waals surface area contributed by atoms with Gasteiger partial charge in [0.25, 0.3) is 0 Å². The first-order chi connectivity index (χ1) is 5.37. The predicted molar refractivity (Wildman–Crippen MR) is 48.2 cm³/mol. The quantitative estimate of drug-likeness (QED) is 0.475. The highest BCUT2D eigenvalue weighted by Crippen LogP contribution is 2.05. The molecule has 0 heterocycles. The molecular weight excluding hydrogens is 156 g/mol. The third-order valence-electron chi connectivity index (χ3n) is 1.02. The van der Waals surface area contributed by atoms with E-state index in [1.54, 1.807) is 0 Å². The number of carbonyl (C=O) groups is 1. The summed E-state index contributed by atoms with van der Waals surface area (Å²) in [5.41, 5.74) is 4.80. The van der Waals surface area contributed by atoms with E-state index < -0.39 is 5.97 Å². The number of nitrogens with two attached hydrogens (primary N) is 1. The standard InChI is InChI=1S/C8H14N2O2/c1-8(2,3)10-5-6(4-9)7(11)12/h4-5H,9H2,1-3H3,(H,11,12). The summed E-state index contributed by atoms with van der Waals surface area (Å²) < 4.78 is 0. The molecule has 0 aromatic heterocycles. The Morgan fingerprint density at radius 2 is 2.00 bits per heavy atom. The van der Waals surface area contributed by atoms with Crippen molar-refractivity contribution in [3.05, 3.63) is 11.8 Å². The molecule has 0 aliphatic heterocycles. The van der Waals surface area contributed by atoms with Crippen molar-refractivity contribution in [1.29, 1.82) is 0 Å². The number of rotatable bonds is 2. The Morgan fingerprint density at radius 3 is 2.25 bits per heavy atom. The van der Waals surface area contributed by atoms with E-state index >= 15 is 0 Å². The highest BCUT2D eigenvalue weighted by molar-refractivity contribution is 6.08. The minimum atomic E-state index is -1.06. The first-order valence-corrected chi connectivity index (χ1v) is 3.57. The fraction of sp³-hybridized carbons (Fsp3) is 0.500. The van der Waals surface area contributed by atoms with Gasteiger partial charge in [-0.1, -0.05) is 0 Å². The Balaban J connectivity index is 4.44. The van der Waals surface area contributed by atoms with Gasteiger partial charge in [-0.25, -0.2) is 4.79 Å². The molecule has 4 nitrogen and oxygen atoms in total. The van der Waals surface area contributed by atoms with Gasteiger partial charge in [-0.05, 0) is 20.8 Å². The van der Waals surface area contributed by atoms with E-state index in [-0.39, 0.29) is 11.1 Å². The minimum Gasteiger partial charge on any atom is -0.478 e. The Morgan fingerprint density at radius 1 is 1.50 bits per heavy atom. The molecule has 0 aromatic carbocycles. The molecule has 0 rings (SSSR count). The molecule has 0 fully saturated rings. The van der Waals surface area contributed by atoms with Gasteiger partial charge in [0.15, 0.2) is 0 Å². The van der Waals surface area contributed by atoms with E-state index in [9.17, 15) is 4.79 Å². The molecule has 0 aliphatic rings. The first kappa shape index (κ1) is 10.7. The highest BCUT2D eigenvalue weighted by atomic mass is 16.4. The lowest BCUT2D eigenvalue weighted by Gasteiger charge is -2.10. The summed E-state index contributed by atoms with van der Waals surface area (Å²) in [7, 11) is 0. The number of nitrogens with zero attached hydrogens (tertiary/aromatic N) is 1. The molecule has 3 N–H and O–H groups in total. The molecule has 0 atom stereocenters. The van der Waals surface area contributed by atoms with Gasteiger partial charge in [0.2, 0.25) is 0 Å². The van der Waals surface area contributed by atoms with Crippen LogP contribution in [0.3, 0.4) is 0 Å². The fourth-order valence-corrected chi connectivity index (χ4v) is 0.433. The third kappa shape index (κ3) is 4.49. The lowest BCUT2D eigenvalue weighted by Crippen LogP contribution is -2.12. The van der Waals surface area contributed by atoms with Crippen molar-refractivity contribution in [1.82, 2.24) is 0 Å². The second-order valence-corrected chi connectivity index (χ2v) is 3.36. The van der Waals surface area contributed by atoms with Crippen molar-refractivity contribution in [2.24, 2.45) is 10.7 Å². The molecule has 0 amide bonds. The molecule has 12 heavy (non-hydrogen) atoms. The van der Waals surface area contributed by atoms with Gasteiger partial charge in [0, 0.05) is 12.4 Å². The number of aliphatic carboxylic acids is 1. The zero-order valence-corrected chi connectivity index (χ0v) is 7.53. The van der Waals surface area contributed by atoms with Crippen molar-refractivity contribution < 1.29 is 9.90 Å². The van der Waals surface area contributed by atoms with E-state index in [4.69, 9.17) is 10.8 Å². The van der Waals surface area contributed by atoms with Crippen LogP contribution in [0.2, 0.25) is 0 Å². The summed E-state index contributed by atoms with van der Waals surface area (Å²) in [5, 5.41) is 8.53. The van der Waals surface area contributed by atoms with Crippen LogP contribution in [-0.2, 0) is 4.79 Å². The summed E-state index contributed by atoms with van der Waals surface area (Å²) in [5.74, 6) is -1.06. The number of hydrogen-bond donors (Lipinski definition) is 2. The van der Waals surface area contributed by atoms with E-state index in [1.165, 1.54) is 6.21 Å². The average molecular weight is 170 g/mol. The molecule has 0 radical (unpaired) electrons. The van der Waals surface area contributed by atoms with Gasteiger partial charge in [0.05, 0.1) is 11.1 Å². The molecule has 0 saturated carbocycles. The summed E-state index contributed by atoms with van der Waals surface area (Å²) in [6, 6.07) is 0. The smallest absolute Gasteiger partial charge is 0.338 e. The van der Waals surface area contributed by atoms with Crippen molar-refractivity contribution in [2.45, 2.75) is 26.3 Å². The lowest BCUT2D eigenvalue weighted by molar-refractivity contribution is -0.132. The van der Waals surface area contributed by atoms with Crippen LogP contribution in [0.5, 0.6) is 0 Å². The average Bonchev–Trinajstić information content (AvgIpc) is 1.85. The summed E-state index contributed by atoms with van der Waals surface area (Å²) in [6.07, 6.45) is 2.29. The zero-order chi connectivity index (χ0) is 9.78. The number of carboxylic acid groups (broad SMARTS) is 1. The SMILES string of the molecule is CC(C)(C)N=CC(=CN)C(=O)O. The van der Waals surface area contributed by atoms with Crippen LogP contribution >= 0.6 is 0 Å². The molecule has 0 aromatic rings. The molecular formula is C8H14N2O2. The Labute approximate surface area is 71.8 Å². The zero-order valence-electron chi connectivity index (χ0n) is 7.53. The minimum absolute atomic E-state index is 0.00456. The van der Waals surface area contributed by atoms with E-state index in [0.717, 1.165) is 6.20 Å². The van der Waals surface area contributed by atoms with Gasteiger partial charge >= 0.3 is 5.97 Å². The van der Waals surface area contributed by atoms with Crippen LogP contribution in [-0.4, -0.2) is 22.8 Å². The van der Waals surface area contributed by atoms with Gasteiger partial charge in [-0.3, -0.25) is 4.99 Å². The van der Waals surface area contributed by atoms with Gasteiger partial charge < -0.3 is 10.8 Å². The van der Waals surface area contributed by atoms with Crippen molar-refractivity contribution in [3.8, 4) is 0 Å². The maximum atomic E-state index is 10.4. The normalized spacial score (nSPS) is 13.8. The fourth-order valence-electron chi connectivity index (χ4n) is 0.433. The summed E-state index contributed by atoms with van der Waals surface area (Å²) in [6.45, 7) is 5.62. The Kier molecular flexibility index (Phi) is 3.47. The second-order valence-electron chi connectivity index (χ2n) is 3.36. The maximum Gasteiger partial charge on any atom is 0.338 e. The second kappa shape index (κ2) is 3.90. The van der Waals surface area contributed by atoms with Crippen LogP contribution in [0.15, 0.2) is 16.8 Å². The number of hydrogen-bond acceptors (Lipinski definition) is 3. The van der Waals surface area contributed by atoms with Gasteiger partial charge in [0.1, 0.15) is 0 Å². The lowest BCUT2D eigenvalue weighted by atomic mass is 10.1. The highest BCUT2D eigenvalue weighted by Gasteiger charge is 2.07. The number of carboxylic acids is 1. The largest absolute Gasteiger partial charge is 0.478 e. The molecule has 4 heteroatoms. The van der Waals surface area contributed by atoms with Crippen LogP contribution in [0.25, 0.3) is 0 Å². The van der Waals surface area contributed by atoms with Crippen molar-refractivity contribution in [2.75, 3.05) is 0 Å². The summed E-state index contributed by atoms with van der Waals surface area (Å²) in [4.78, 5) is 14.4. The first-order valence-electron chi connectivity index (χ1n) is 3.57. The van der Waals surface area contributed by atoms with E-state index in [0.29, 0.717) is 0 Å². The Hall–Kier alpha value is -1.32. The van der Waals surface area contributed by atoms with Gasteiger partial charge in [-0.15, -0.1) is 0 Å². The van der Waals surface area contributed by atoms with E-state index in [1.807, 2.05) is 20.8 Å². The predicted octanol–water partition coefficient (Wildman–Crippen LogP) is 0.783. The third-order valence-corrected chi connectivity index (χ3v) is 1.02. The number of aliphatic imine (C=N–C) groups is 1. The van der Waals surface area contributed by atoms with Crippen molar-refractivity contribution >= 4 is 12.2 Å². The van der Waals surface area contributed by atoms with Crippen LogP contribution < -0.4 is 5.73 Å². The van der Waals surface area contributed by atoms with Crippen LogP contribution in [0, 0.1) is 0 Å². The summed E-state index contributed by atoms with van der Waals surface area (Å²) >= 11 is 0. The van der Waals surface area contributed by atoms with Crippen molar-refractivity contribution in [3.63, 3.8) is 0 Å². The maximum absolute atomic E-state index is 10.4. The molecule has 0 aliphatic carbocycles. The molecule has 0 unspecified atom stereocenters. The van der Waals surface area contributed by atoms with E-state index in [2.05, 4.69) is 4.99 Å².